The van der Waals surface area contributed by atoms with Crippen LogP contribution >= 0.6 is 0 Å². The molecular formula is C18H10O4. The molecule has 0 spiro atoms. The Morgan fingerprint density at radius 3 is 1.36 bits per heavy atom. The molecule has 0 heterocycles. The van der Waals surface area contributed by atoms with E-state index in [0.29, 0.717) is 10.8 Å². The summed E-state index contributed by atoms with van der Waals surface area (Å²) in [5.41, 5.74) is 0.231. The van der Waals surface area contributed by atoms with Gasteiger partial charge in [0.1, 0.15) is 11.5 Å². The first-order chi connectivity index (χ1) is 10.6. The third kappa shape index (κ3) is 1.41. The quantitative estimate of drug-likeness (QED) is 0.488. The van der Waals surface area contributed by atoms with Gasteiger partial charge in [0.2, 0.25) is 0 Å². The fourth-order valence-corrected chi connectivity index (χ4v) is 2.99. The van der Waals surface area contributed by atoms with Gasteiger partial charge in [-0.1, -0.05) is 48.5 Å². The van der Waals surface area contributed by atoms with Gasteiger partial charge < -0.3 is 10.2 Å². The highest BCUT2D eigenvalue weighted by molar-refractivity contribution is 6.32. The second-order valence-corrected chi connectivity index (χ2v) is 5.20. The monoisotopic (exact) mass is 290 g/mol. The predicted molar refractivity (Wildman–Crippen MR) is 80.6 cm³/mol. The number of ketones is 2. The average Bonchev–Trinajstić information content (AvgIpc) is 2.56. The molecule has 0 bridgehead atoms. The smallest absolute Gasteiger partial charge is 0.198 e. The molecule has 4 nitrogen and oxygen atoms in total. The van der Waals surface area contributed by atoms with E-state index in [1.165, 1.54) is 0 Å². The predicted octanol–water partition coefficient (Wildman–Crippen LogP) is 3.03. The Labute approximate surface area is 125 Å². The number of fused-ring (bicyclic) bond motifs is 3. The first-order valence-electron chi connectivity index (χ1n) is 6.76. The molecule has 2 N–H and O–H groups in total. The van der Waals surface area contributed by atoms with Crippen molar-refractivity contribution in [3.05, 3.63) is 70.8 Å². The van der Waals surface area contributed by atoms with E-state index in [2.05, 4.69) is 0 Å². The second kappa shape index (κ2) is 4.18. The SMILES string of the molecule is O=C1c2ccccc2C(=O)c2c1c(O)c1ccccc1c2O. The summed E-state index contributed by atoms with van der Waals surface area (Å²) in [5.74, 6) is -1.44. The summed E-state index contributed by atoms with van der Waals surface area (Å²) in [6.45, 7) is 0. The van der Waals surface area contributed by atoms with E-state index in [4.69, 9.17) is 0 Å². The molecule has 0 saturated carbocycles. The van der Waals surface area contributed by atoms with Crippen molar-refractivity contribution in [2.45, 2.75) is 0 Å². The Morgan fingerprint density at radius 1 is 0.591 bits per heavy atom. The normalized spacial score (nSPS) is 13.1. The summed E-state index contributed by atoms with van der Waals surface area (Å²) in [5, 5.41) is 21.6. The van der Waals surface area contributed by atoms with Crippen molar-refractivity contribution in [1.82, 2.24) is 0 Å². The largest absolute Gasteiger partial charge is 0.506 e. The summed E-state index contributed by atoms with van der Waals surface area (Å²) >= 11 is 0. The molecule has 0 radical (unpaired) electrons. The van der Waals surface area contributed by atoms with E-state index < -0.39 is 11.6 Å². The zero-order valence-corrected chi connectivity index (χ0v) is 11.3. The van der Waals surface area contributed by atoms with Gasteiger partial charge in [-0.3, -0.25) is 9.59 Å². The van der Waals surface area contributed by atoms with Crippen LogP contribution in [0.5, 0.6) is 11.5 Å². The molecule has 4 heteroatoms. The van der Waals surface area contributed by atoms with Crippen LogP contribution in [0.15, 0.2) is 48.5 Å². The topological polar surface area (TPSA) is 74.6 Å². The Bertz CT molecular complexity index is 906. The molecular weight excluding hydrogens is 280 g/mol. The van der Waals surface area contributed by atoms with Gasteiger partial charge in [0.15, 0.2) is 11.6 Å². The fourth-order valence-electron chi connectivity index (χ4n) is 2.99. The molecule has 22 heavy (non-hydrogen) atoms. The maximum absolute atomic E-state index is 12.6. The van der Waals surface area contributed by atoms with E-state index in [0.717, 1.165) is 0 Å². The van der Waals surface area contributed by atoms with Crippen molar-refractivity contribution in [2.75, 3.05) is 0 Å². The zero-order valence-electron chi connectivity index (χ0n) is 11.3. The highest BCUT2D eigenvalue weighted by Crippen LogP contribution is 2.43. The number of benzene rings is 3. The number of hydrogen-bond donors (Lipinski definition) is 2. The maximum atomic E-state index is 12.6. The van der Waals surface area contributed by atoms with Crippen molar-refractivity contribution in [3.8, 4) is 11.5 Å². The lowest BCUT2D eigenvalue weighted by molar-refractivity contribution is 0.0974. The van der Waals surface area contributed by atoms with Gasteiger partial charge in [-0.15, -0.1) is 0 Å². The molecule has 3 aromatic carbocycles. The molecule has 0 fully saturated rings. The Morgan fingerprint density at radius 2 is 0.955 bits per heavy atom. The van der Waals surface area contributed by atoms with E-state index in [1.54, 1.807) is 48.5 Å². The first-order valence-corrected chi connectivity index (χ1v) is 6.76. The third-order valence-corrected chi connectivity index (χ3v) is 4.03. The second-order valence-electron chi connectivity index (χ2n) is 5.20. The van der Waals surface area contributed by atoms with Crippen molar-refractivity contribution in [1.29, 1.82) is 0 Å². The summed E-state index contributed by atoms with van der Waals surface area (Å²) in [6, 6.07) is 13.0. The van der Waals surface area contributed by atoms with Crippen molar-refractivity contribution in [3.63, 3.8) is 0 Å². The molecule has 106 valence electrons. The lowest BCUT2D eigenvalue weighted by atomic mass is 9.81. The number of phenols is 2. The summed E-state index contributed by atoms with van der Waals surface area (Å²) in [4.78, 5) is 25.3. The number of rotatable bonds is 0. The van der Waals surface area contributed by atoms with E-state index in [1.807, 2.05) is 0 Å². The van der Waals surface area contributed by atoms with Crippen LogP contribution in [-0.4, -0.2) is 21.8 Å². The lowest BCUT2D eigenvalue weighted by Gasteiger charge is -2.20. The third-order valence-electron chi connectivity index (χ3n) is 4.03. The van der Waals surface area contributed by atoms with Gasteiger partial charge in [-0.05, 0) is 0 Å². The van der Waals surface area contributed by atoms with Crippen LogP contribution in [0.2, 0.25) is 0 Å². The molecule has 0 aromatic heterocycles. The minimum absolute atomic E-state index is 0.125. The molecule has 4 rings (SSSR count). The zero-order chi connectivity index (χ0) is 15.4. The van der Waals surface area contributed by atoms with Crippen LogP contribution in [0.4, 0.5) is 0 Å². The van der Waals surface area contributed by atoms with Crippen LogP contribution in [0, 0.1) is 0 Å². The Balaban J connectivity index is 2.19. The average molecular weight is 290 g/mol. The lowest BCUT2D eigenvalue weighted by Crippen LogP contribution is -2.21. The summed E-state index contributed by atoms with van der Waals surface area (Å²) in [6.07, 6.45) is 0. The fraction of sp³-hybridized carbons (Fsp3) is 0. The number of aromatic hydroxyl groups is 2. The van der Waals surface area contributed by atoms with E-state index in [-0.39, 0.29) is 33.8 Å². The highest BCUT2D eigenvalue weighted by atomic mass is 16.3. The van der Waals surface area contributed by atoms with Crippen LogP contribution < -0.4 is 0 Å². The highest BCUT2D eigenvalue weighted by Gasteiger charge is 2.35. The Kier molecular flexibility index (Phi) is 2.39. The maximum Gasteiger partial charge on any atom is 0.198 e. The number of carbonyl (C=O) groups excluding carboxylic acids is 2. The van der Waals surface area contributed by atoms with Gasteiger partial charge in [0.25, 0.3) is 0 Å². The first kappa shape index (κ1) is 12.6. The van der Waals surface area contributed by atoms with E-state index >= 15 is 0 Å². The molecule has 0 aliphatic heterocycles. The van der Waals surface area contributed by atoms with Gasteiger partial charge in [-0.2, -0.15) is 0 Å². The standard InChI is InChI=1S/C18H10O4/c19-15-9-5-1-2-6-10(9)16(20)14-13(15)17(21)11-7-3-4-8-12(11)18(14)22/h1-8,19-20H. The molecule has 1 aliphatic carbocycles. The number of phenolic OH excluding ortho intramolecular Hbond substituents is 2. The van der Waals surface area contributed by atoms with Gasteiger partial charge in [0, 0.05) is 21.9 Å². The number of carbonyl (C=O) groups is 2. The van der Waals surface area contributed by atoms with Crippen LogP contribution in [-0.2, 0) is 0 Å². The number of hydrogen-bond acceptors (Lipinski definition) is 4. The van der Waals surface area contributed by atoms with Gasteiger partial charge in [0.05, 0.1) is 11.1 Å². The van der Waals surface area contributed by atoms with Crippen molar-refractivity contribution < 1.29 is 19.8 Å². The van der Waals surface area contributed by atoms with Crippen molar-refractivity contribution in [2.24, 2.45) is 0 Å². The summed E-state index contributed by atoms with van der Waals surface area (Å²) in [7, 11) is 0. The van der Waals surface area contributed by atoms with Gasteiger partial charge >= 0.3 is 0 Å². The van der Waals surface area contributed by atoms with Crippen molar-refractivity contribution >= 4 is 22.3 Å². The van der Waals surface area contributed by atoms with Crippen LogP contribution in [0.1, 0.15) is 31.8 Å². The minimum Gasteiger partial charge on any atom is -0.506 e. The molecule has 3 aromatic rings. The van der Waals surface area contributed by atoms with Gasteiger partial charge in [-0.25, -0.2) is 0 Å². The molecule has 1 aliphatic rings. The molecule has 0 unspecified atom stereocenters. The van der Waals surface area contributed by atoms with Crippen LogP contribution in [0.3, 0.4) is 0 Å². The molecule has 0 amide bonds. The van der Waals surface area contributed by atoms with Crippen LogP contribution in [0.25, 0.3) is 10.8 Å². The summed E-state index contributed by atoms with van der Waals surface area (Å²) < 4.78 is 0. The molecule has 0 atom stereocenters. The minimum atomic E-state index is -0.455. The van der Waals surface area contributed by atoms with E-state index in [9.17, 15) is 19.8 Å². The Hall–Kier alpha value is -3.14. The molecule has 0 saturated heterocycles.